The molecule has 2 fully saturated rings. The van der Waals surface area contributed by atoms with Crippen LogP contribution < -0.4 is 0 Å². The van der Waals surface area contributed by atoms with E-state index in [9.17, 15) is 9.90 Å². The topological polar surface area (TPSA) is 49.8 Å². The van der Waals surface area contributed by atoms with E-state index >= 15 is 0 Å². The smallest absolute Gasteiger partial charge is 0.236 e. The summed E-state index contributed by atoms with van der Waals surface area (Å²) in [4.78, 5) is 13.2. The zero-order valence-electron chi connectivity index (χ0n) is 7.15. The minimum atomic E-state index is -0.512. The molecule has 0 radical (unpaired) electrons. The number of aliphatic hydroxyl groups excluding tert-OH is 1. The number of carbonyl (C=O) groups is 1. The Bertz CT molecular complexity index is 223. The van der Waals surface area contributed by atoms with Crippen molar-refractivity contribution in [2.45, 2.75) is 23.4 Å². The number of nitrogens with zero attached hydrogens (tertiary/aromatic N) is 1. The van der Waals surface area contributed by atoms with Crippen LogP contribution in [0.2, 0.25) is 0 Å². The van der Waals surface area contributed by atoms with E-state index < -0.39 is 6.10 Å². The van der Waals surface area contributed by atoms with Crippen LogP contribution >= 0.6 is 15.9 Å². The summed E-state index contributed by atoms with van der Waals surface area (Å²) in [5.74, 6) is 0.0783. The largest absolute Gasteiger partial charge is 0.388 e. The van der Waals surface area contributed by atoms with E-state index in [1.165, 1.54) is 0 Å². The Morgan fingerprint density at radius 1 is 1.54 bits per heavy atom. The summed E-state index contributed by atoms with van der Waals surface area (Å²) in [6, 6.07) is -0.130. The van der Waals surface area contributed by atoms with E-state index in [2.05, 4.69) is 15.9 Å². The van der Waals surface area contributed by atoms with E-state index in [1.807, 2.05) is 0 Å². The van der Waals surface area contributed by atoms with Crippen LogP contribution in [0.15, 0.2) is 0 Å². The third-order valence-electron chi connectivity index (χ3n) is 2.60. The van der Waals surface area contributed by atoms with Gasteiger partial charge in [0.1, 0.15) is 0 Å². The number of amides is 1. The summed E-state index contributed by atoms with van der Waals surface area (Å²) >= 11 is 3.30. The number of ether oxygens (including phenoxy) is 1. The third-order valence-corrected chi connectivity index (χ3v) is 3.45. The number of carbonyl (C=O) groups excluding carboxylic acids is 1. The lowest BCUT2D eigenvalue weighted by molar-refractivity contribution is -0.130. The Morgan fingerprint density at radius 3 is 2.77 bits per heavy atom. The van der Waals surface area contributed by atoms with Gasteiger partial charge in [-0.05, 0) is 6.42 Å². The monoisotopic (exact) mass is 249 g/mol. The number of aliphatic hydroxyl groups is 1. The Morgan fingerprint density at radius 2 is 2.31 bits per heavy atom. The molecule has 2 saturated heterocycles. The van der Waals surface area contributed by atoms with Crippen LogP contribution in [-0.2, 0) is 9.53 Å². The first-order chi connectivity index (χ1) is 6.20. The van der Waals surface area contributed by atoms with Gasteiger partial charge < -0.3 is 14.7 Å². The minimum absolute atomic E-state index is 0.0692. The molecule has 2 aliphatic rings. The molecule has 2 rings (SSSR count). The zero-order chi connectivity index (χ0) is 9.42. The number of likely N-dealkylation sites (tertiary alicyclic amines) is 1. The van der Waals surface area contributed by atoms with Gasteiger partial charge in [0.2, 0.25) is 5.91 Å². The summed E-state index contributed by atoms with van der Waals surface area (Å²) in [5, 5.41) is 9.52. The van der Waals surface area contributed by atoms with Gasteiger partial charge in [-0.2, -0.15) is 0 Å². The molecule has 1 N–H and O–H groups in total. The van der Waals surface area contributed by atoms with E-state index in [0.717, 1.165) is 13.0 Å². The van der Waals surface area contributed by atoms with Crippen molar-refractivity contribution in [3.8, 4) is 0 Å². The molecule has 0 spiro atoms. The second-order valence-electron chi connectivity index (χ2n) is 3.46. The number of hydrogen-bond donors (Lipinski definition) is 1. The molecule has 0 aromatic carbocycles. The molecular formula is C8H12BrNO3. The van der Waals surface area contributed by atoms with Gasteiger partial charge in [-0.15, -0.1) is 0 Å². The Labute approximate surface area is 85.0 Å². The Hall–Kier alpha value is -0.130. The van der Waals surface area contributed by atoms with Gasteiger partial charge in [-0.25, -0.2) is 0 Å². The average molecular weight is 250 g/mol. The molecular weight excluding hydrogens is 238 g/mol. The molecule has 5 heteroatoms. The number of rotatable bonds is 1. The molecule has 3 atom stereocenters. The molecule has 0 saturated carbocycles. The number of hydrogen-bond acceptors (Lipinski definition) is 3. The van der Waals surface area contributed by atoms with Crippen LogP contribution in [0.4, 0.5) is 0 Å². The van der Waals surface area contributed by atoms with Crippen molar-refractivity contribution in [3.05, 3.63) is 0 Å². The maximum absolute atomic E-state index is 11.6. The summed E-state index contributed by atoms with van der Waals surface area (Å²) in [7, 11) is 0. The van der Waals surface area contributed by atoms with E-state index in [4.69, 9.17) is 4.74 Å². The van der Waals surface area contributed by atoms with E-state index in [1.54, 1.807) is 4.90 Å². The Kier molecular flexibility index (Phi) is 2.58. The predicted molar refractivity (Wildman–Crippen MR) is 49.7 cm³/mol. The zero-order valence-corrected chi connectivity index (χ0v) is 8.74. The summed E-state index contributed by atoms with van der Waals surface area (Å²) < 4.78 is 5.11. The molecule has 2 aliphatic heterocycles. The minimum Gasteiger partial charge on any atom is -0.388 e. The fourth-order valence-corrected chi connectivity index (χ4v) is 2.29. The molecule has 0 aromatic rings. The molecule has 4 nitrogen and oxygen atoms in total. The van der Waals surface area contributed by atoms with Crippen LogP contribution in [0.25, 0.3) is 0 Å². The van der Waals surface area contributed by atoms with Crippen molar-refractivity contribution >= 4 is 21.8 Å². The van der Waals surface area contributed by atoms with Crippen molar-refractivity contribution < 1.29 is 14.6 Å². The standard InChI is InChI=1S/C8H12BrNO3/c9-5-1-2-10(8(5)12)6-3-13-4-7(6)11/h5-7,11H,1-4H2. The van der Waals surface area contributed by atoms with Crippen molar-refractivity contribution in [1.29, 1.82) is 0 Å². The summed E-state index contributed by atoms with van der Waals surface area (Å²) in [6.45, 7) is 1.54. The molecule has 0 bridgehead atoms. The van der Waals surface area contributed by atoms with Crippen LogP contribution in [0.1, 0.15) is 6.42 Å². The summed E-state index contributed by atoms with van der Waals surface area (Å²) in [5.41, 5.74) is 0. The molecule has 3 unspecified atom stereocenters. The van der Waals surface area contributed by atoms with E-state index in [0.29, 0.717) is 13.2 Å². The highest BCUT2D eigenvalue weighted by Gasteiger charge is 2.40. The first-order valence-electron chi connectivity index (χ1n) is 4.40. The number of halogens is 1. The lowest BCUT2D eigenvalue weighted by Gasteiger charge is -2.24. The van der Waals surface area contributed by atoms with Crippen molar-refractivity contribution in [3.63, 3.8) is 0 Å². The maximum Gasteiger partial charge on any atom is 0.236 e. The SMILES string of the molecule is O=C1C(Br)CCN1C1COCC1O. The van der Waals surface area contributed by atoms with Gasteiger partial charge >= 0.3 is 0 Å². The molecule has 13 heavy (non-hydrogen) atoms. The predicted octanol–water partition coefficient (Wildman–Crippen LogP) is -0.258. The Balaban J connectivity index is 2.04. The van der Waals surface area contributed by atoms with Gasteiger partial charge in [-0.1, -0.05) is 15.9 Å². The first-order valence-corrected chi connectivity index (χ1v) is 5.32. The average Bonchev–Trinajstić information content (AvgIpc) is 2.62. The van der Waals surface area contributed by atoms with Crippen LogP contribution in [0.5, 0.6) is 0 Å². The van der Waals surface area contributed by atoms with Gasteiger partial charge in [0.25, 0.3) is 0 Å². The molecule has 0 aromatic heterocycles. The van der Waals surface area contributed by atoms with Crippen molar-refractivity contribution in [2.24, 2.45) is 0 Å². The third kappa shape index (κ3) is 1.60. The number of alkyl halides is 1. The second kappa shape index (κ2) is 3.55. The van der Waals surface area contributed by atoms with Gasteiger partial charge in [-0.3, -0.25) is 4.79 Å². The quantitative estimate of drug-likeness (QED) is 0.652. The molecule has 0 aliphatic carbocycles. The summed E-state index contributed by atoms with van der Waals surface area (Å²) in [6.07, 6.45) is 0.309. The highest BCUT2D eigenvalue weighted by Crippen LogP contribution is 2.24. The lowest BCUT2D eigenvalue weighted by Crippen LogP contribution is -2.44. The molecule has 74 valence electrons. The lowest BCUT2D eigenvalue weighted by atomic mass is 10.2. The van der Waals surface area contributed by atoms with Gasteiger partial charge in [0, 0.05) is 6.54 Å². The van der Waals surface area contributed by atoms with Crippen molar-refractivity contribution in [1.82, 2.24) is 4.90 Å². The fraction of sp³-hybridized carbons (Fsp3) is 0.875. The van der Waals surface area contributed by atoms with Crippen molar-refractivity contribution in [2.75, 3.05) is 19.8 Å². The fourth-order valence-electron chi connectivity index (χ4n) is 1.82. The molecule has 1 amide bonds. The highest BCUT2D eigenvalue weighted by molar-refractivity contribution is 9.10. The van der Waals surface area contributed by atoms with Gasteiger partial charge in [0.15, 0.2) is 0 Å². The second-order valence-corrected chi connectivity index (χ2v) is 4.57. The van der Waals surface area contributed by atoms with Gasteiger partial charge in [0.05, 0.1) is 30.2 Å². The van der Waals surface area contributed by atoms with Crippen LogP contribution in [0.3, 0.4) is 0 Å². The highest BCUT2D eigenvalue weighted by atomic mass is 79.9. The molecule has 2 heterocycles. The normalized spacial score (nSPS) is 40.3. The van der Waals surface area contributed by atoms with E-state index in [-0.39, 0.29) is 16.8 Å². The maximum atomic E-state index is 11.6. The first kappa shape index (κ1) is 9.43. The van der Waals surface area contributed by atoms with Crippen LogP contribution in [0, 0.1) is 0 Å². The van der Waals surface area contributed by atoms with Crippen LogP contribution in [-0.4, -0.2) is 52.6 Å².